The lowest BCUT2D eigenvalue weighted by molar-refractivity contribution is 0.0264. The number of aromatic nitrogens is 3. The molecule has 1 saturated heterocycles. The number of likely N-dealkylation sites (tertiary alicyclic amines) is 1. The predicted molar refractivity (Wildman–Crippen MR) is 109 cm³/mol. The average molecular weight is 386 g/mol. The van der Waals surface area contributed by atoms with E-state index in [9.17, 15) is 4.79 Å². The minimum Gasteiger partial charge on any atom is -0.444 e. The highest BCUT2D eigenvalue weighted by Crippen LogP contribution is 2.58. The van der Waals surface area contributed by atoms with Crippen molar-refractivity contribution >= 4 is 22.9 Å². The number of hydrogen-bond donors (Lipinski definition) is 1. The third kappa shape index (κ3) is 3.01. The number of fused-ring (bicyclic) bond motifs is 2. The summed E-state index contributed by atoms with van der Waals surface area (Å²) in [7, 11) is 2.12. The molecular formula is C21H31N5O2. The summed E-state index contributed by atoms with van der Waals surface area (Å²) in [5.74, 6) is 0.965. The highest BCUT2D eigenvalue weighted by molar-refractivity contribution is 5.87. The molecule has 1 aliphatic carbocycles. The van der Waals surface area contributed by atoms with Crippen LogP contribution in [0.25, 0.3) is 11.0 Å². The van der Waals surface area contributed by atoms with Crippen LogP contribution in [0, 0.1) is 10.8 Å². The summed E-state index contributed by atoms with van der Waals surface area (Å²) in [4.78, 5) is 28.8. The second-order valence-corrected chi connectivity index (χ2v) is 10.1. The van der Waals surface area contributed by atoms with Crippen molar-refractivity contribution in [3.8, 4) is 0 Å². The number of rotatable bonds is 2. The third-order valence-corrected chi connectivity index (χ3v) is 6.78. The minimum absolute atomic E-state index is 0.0626. The Morgan fingerprint density at radius 3 is 2.50 bits per heavy atom. The van der Waals surface area contributed by atoms with Gasteiger partial charge in [0.2, 0.25) is 0 Å². The number of ether oxygens (including phenoxy) is 1. The van der Waals surface area contributed by atoms with Gasteiger partial charge in [0, 0.05) is 32.4 Å². The summed E-state index contributed by atoms with van der Waals surface area (Å²) in [6, 6.07) is 2.41. The van der Waals surface area contributed by atoms with Gasteiger partial charge in [-0.05, 0) is 50.5 Å². The fourth-order valence-electron chi connectivity index (χ4n) is 5.06. The molecule has 2 aromatic rings. The van der Waals surface area contributed by atoms with Crippen LogP contribution in [-0.2, 0) is 4.74 Å². The first-order valence-corrected chi connectivity index (χ1v) is 10.0. The van der Waals surface area contributed by atoms with Gasteiger partial charge in [0.1, 0.15) is 23.4 Å². The molecule has 1 amide bonds. The molecule has 1 saturated carbocycles. The topological polar surface area (TPSA) is 74.4 Å². The Morgan fingerprint density at radius 2 is 1.89 bits per heavy atom. The summed E-state index contributed by atoms with van der Waals surface area (Å²) >= 11 is 0. The van der Waals surface area contributed by atoms with Crippen LogP contribution in [0.1, 0.15) is 47.5 Å². The van der Waals surface area contributed by atoms with Crippen molar-refractivity contribution in [2.24, 2.45) is 10.8 Å². The Kier molecular flexibility index (Phi) is 4.14. The highest BCUT2D eigenvalue weighted by atomic mass is 16.6. The van der Waals surface area contributed by atoms with Gasteiger partial charge >= 0.3 is 6.09 Å². The molecule has 28 heavy (non-hydrogen) atoms. The van der Waals surface area contributed by atoms with E-state index in [4.69, 9.17) is 4.74 Å². The largest absolute Gasteiger partial charge is 0.444 e. The first-order valence-electron chi connectivity index (χ1n) is 10.0. The SMILES string of the molecule is CN(c1ncnc2[nH]ccc12)C1C[C@@]2(C)CN(C(=O)OC(C)(C)C)C[C@@]2(C)C1. The molecule has 1 N–H and O–H groups in total. The lowest BCUT2D eigenvalue weighted by Crippen LogP contribution is -2.39. The molecular weight excluding hydrogens is 354 g/mol. The molecule has 2 aliphatic rings. The van der Waals surface area contributed by atoms with Gasteiger partial charge in [-0.2, -0.15) is 0 Å². The molecule has 0 radical (unpaired) electrons. The summed E-state index contributed by atoms with van der Waals surface area (Å²) in [5, 5.41) is 1.05. The van der Waals surface area contributed by atoms with Crippen molar-refractivity contribution in [3.05, 3.63) is 18.6 Å². The maximum atomic E-state index is 12.6. The van der Waals surface area contributed by atoms with Crippen molar-refractivity contribution in [2.45, 2.75) is 59.1 Å². The van der Waals surface area contributed by atoms with E-state index in [0.29, 0.717) is 6.04 Å². The Hall–Kier alpha value is -2.31. The normalized spacial score (nSPS) is 29.9. The van der Waals surface area contributed by atoms with Gasteiger partial charge in [-0.1, -0.05) is 13.8 Å². The number of aromatic amines is 1. The summed E-state index contributed by atoms with van der Waals surface area (Å²) in [5.41, 5.74) is 0.526. The van der Waals surface area contributed by atoms with Crippen LogP contribution in [-0.4, -0.2) is 57.7 Å². The van der Waals surface area contributed by atoms with Gasteiger partial charge in [-0.25, -0.2) is 14.8 Å². The van der Waals surface area contributed by atoms with Gasteiger partial charge in [-0.3, -0.25) is 0 Å². The smallest absolute Gasteiger partial charge is 0.410 e. The van der Waals surface area contributed by atoms with Crippen LogP contribution in [0.15, 0.2) is 18.6 Å². The lowest BCUT2D eigenvalue weighted by Gasteiger charge is -2.31. The zero-order valence-corrected chi connectivity index (χ0v) is 17.7. The van der Waals surface area contributed by atoms with E-state index < -0.39 is 5.60 Å². The van der Waals surface area contributed by atoms with Gasteiger partial charge in [0.05, 0.1) is 5.39 Å². The molecule has 0 bridgehead atoms. The second kappa shape index (κ2) is 6.09. The van der Waals surface area contributed by atoms with Crippen molar-refractivity contribution < 1.29 is 9.53 Å². The maximum Gasteiger partial charge on any atom is 0.410 e. The summed E-state index contributed by atoms with van der Waals surface area (Å²) in [6.07, 6.45) is 5.37. The van der Waals surface area contributed by atoms with Gasteiger partial charge < -0.3 is 19.5 Å². The first-order chi connectivity index (χ1) is 13.0. The van der Waals surface area contributed by atoms with E-state index in [2.05, 4.69) is 40.7 Å². The lowest BCUT2D eigenvalue weighted by atomic mass is 9.71. The number of carbonyl (C=O) groups is 1. The molecule has 2 aromatic heterocycles. The number of amides is 1. The number of H-pyrrole nitrogens is 1. The number of nitrogens with zero attached hydrogens (tertiary/aromatic N) is 4. The van der Waals surface area contributed by atoms with E-state index >= 15 is 0 Å². The van der Waals surface area contributed by atoms with Gasteiger partial charge in [0.15, 0.2) is 0 Å². The molecule has 3 atom stereocenters. The van der Waals surface area contributed by atoms with E-state index in [-0.39, 0.29) is 16.9 Å². The molecule has 3 heterocycles. The van der Waals surface area contributed by atoms with Crippen molar-refractivity contribution in [1.82, 2.24) is 19.9 Å². The Balaban J connectivity index is 1.52. The first kappa shape index (κ1) is 19.0. The zero-order chi connectivity index (χ0) is 20.3. The quantitative estimate of drug-likeness (QED) is 0.851. The van der Waals surface area contributed by atoms with Crippen molar-refractivity contribution in [3.63, 3.8) is 0 Å². The molecule has 7 heteroatoms. The molecule has 2 fully saturated rings. The van der Waals surface area contributed by atoms with Crippen LogP contribution >= 0.6 is 0 Å². The summed E-state index contributed by atoms with van der Waals surface area (Å²) < 4.78 is 5.62. The predicted octanol–water partition coefficient (Wildman–Crippen LogP) is 3.82. The minimum atomic E-state index is -0.464. The van der Waals surface area contributed by atoms with Gasteiger partial charge in [-0.15, -0.1) is 0 Å². The zero-order valence-electron chi connectivity index (χ0n) is 17.7. The Bertz CT molecular complexity index is 884. The van der Waals surface area contributed by atoms with E-state index in [1.165, 1.54) is 0 Å². The molecule has 0 aromatic carbocycles. The molecule has 1 unspecified atom stereocenters. The molecule has 0 spiro atoms. The fraction of sp³-hybridized carbons (Fsp3) is 0.667. The molecule has 4 rings (SSSR count). The Labute approximate surface area is 166 Å². The number of anilines is 1. The maximum absolute atomic E-state index is 12.6. The van der Waals surface area contributed by atoms with Crippen LogP contribution in [0.4, 0.5) is 10.6 Å². The van der Waals surface area contributed by atoms with Crippen molar-refractivity contribution in [1.29, 1.82) is 0 Å². The van der Waals surface area contributed by atoms with Gasteiger partial charge in [0.25, 0.3) is 0 Å². The van der Waals surface area contributed by atoms with Crippen LogP contribution < -0.4 is 4.90 Å². The number of carbonyl (C=O) groups excluding carboxylic acids is 1. The fourth-order valence-corrected chi connectivity index (χ4v) is 5.06. The average Bonchev–Trinajstić information content (AvgIpc) is 3.21. The molecule has 1 aliphatic heterocycles. The number of hydrogen-bond acceptors (Lipinski definition) is 5. The van der Waals surface area contributed by atoms with E-state index in [1.54, 1.807) is 6.33 Å². The van der Waals surface area contributed by atoms with E-state index in [0.717, 1.165) is 42.8 Å². The second-order valence-electron chi connectivity index (χ2n) is 10.1. The van der Waals surface area contributed by atoms with Crippen molar-refractivity contribution in [2.75, 3.05) is 25.0 Å². The van der Waals surface area contributed by atoms with Crippen LogP contribution in [0.2, 0.25) is 0 Å². The summed E-state index contributed by atoms with van der Waals surface area (Å²) in [6.45, 7) is 11.9. The highest BCUT2D eigenvalue weighted by Gasteiger charge is 2.59. The number of nitrogens with one attached hydrogen (secondary N) is 1. The van der Waals surface area contributed by atoms with Crippen LogP contribution in [0.3, 0.4) is 0 Å². The Morgan fingerprint density at radius 1 is 1.25 bits per heavy atom. The molecule has 152 valence electrons. The monoisotopic (exact) mass is 385 g/mol. The third-order valence-electron chi connectivity index (χ3n) is 6.78. The standard InChI is InChI=1S/C21H31N5O2/c1-19(2,3)28-18(27)26-11-20(4)9-14(10-21(20,5)12-26)25(6)17-15-7-8-22-16(15)23-13-24-17/h7-8,13-14H,9-12H2,1-6H3,(H,22,23,24)/t14?,20-,21+. The van der Waals surface area contributed by atoms with E-state index in [1.807, 2.05) is 37.9 Å². The molecule has 7 nitrogen and oxygen atoms in total. The van der Waals surface area contributed by atoms with Crippen LogP contribution in [0.5, 0.6) is 0 Å².